The molecular weight excluding hydrogens is 288 g/mol. The highest BCUT2D eigenvalue weighted by Crippen LogP contribution is 2.35. The van der Waals surface area contributed by atoms with Gasteiger partial charge in [-0.1, -0.05) is 55.3 Å². The molecule has 0 aromatic carbocycles. The van der Waals surface area contributed by atoms with E-state index in [4.69, 9.17) is 0 Å². The number of nitrogens with zero attached hydrogens (tertiary/aromatic N) is 1. The normalized spacial score (nSPS) is 18.4. The van der Waals surface area contributed by atoms with E-state index < -0.39 is 0 Å². The Bertz CT molecular complexity index is 504. The quantitative estimate of drug-likeness (QED) is 0.689. The van der Waals surface area contributed by atoms with Crippen molar-refractivity contribution in [3.05, 3.63) is 70.7 Å². The SMILES string of the molecule is C=C/C=C(\C(=C/C)S/C(C=C)=C(C)/C=C\C)N1CCNCC1. The molecule has 0 spiro atoms. The van der Waals surface area contributed by atoms with Crippen LogP contribution in [0, 0.1) is 0 Å². The molecule has 22 heavy (non-hydrogen) atoms. The largest absolute Gasteiger partial charge is 0.368 e. The lowest BCUT2D eigenvalue weighted by Crippen LogP contribution is -2.43. The van der Waals surface area contributed by atoms with E-state index in [1.165, 1.54) is 21.1 Å². The molecule has 0 saturated carbocycles. The Hall–Kier alpha value is -1.45. The standard InChI is InChI=1S/C19H28N2S/c1-6-10-16(5)18(8-3)22-19(9-4)17(11-7-2)21-14-12-20-13-15-21/h6-11,20H,2-3,12-15H2,1,4-5H3/b10-6-,17-11+,18-16+,19-9+. The summed E-state index contributed by atoms with van der Waals surface area (Å²) in [7, 11) is 0. The van der Waals surface area contributed by atoms with Crippen LogP contribution in [0.25, 0.3) is 0 Å². The molecule has 1 aliphatic rings. The number of nitrogens with one attached hydrogen (secondary N) is 1. The van der Waals surface area contributed by atoms with Gasteiger partial charge in [-0.25, -0.2) is 0 Å². The molecule has 2 nitrogen and oxygen atoms in total. The van der Waals surface area contributed by atoms with Crippen LogP contribution in [0.1, 0.15) is 20.8 Å². The van der Waals surface area contributed by atoms with Crippen molar-refractivity contribution in [1.82, 2.24) is 10.2 Å². The van der Waals surface area contributed by atoms with Gasteiger partial charge in [0.1, 0.15) is 0 Å². The Morgan fingerprint density at radius 1 is 1.18 bits per heavy atom. The van der Waals surface area contributed by atoms with Crippen LogP contribution >= 0.6 is 11.8 Å². The molecule has 1 rings (SSSR count). The maximum Gasteiger partial charge on any atom is 0.0505 e. The lowest BCUT2D eigenvalue weighted by atomic mass is 10.2. The zero-order valence-electron chi connectivity index (χ0n) is 14.1. The topological polar surface area (TPSA) is 15.3 Å². The first-order valence-electron chi connectivity index (χ1n) is 7.76. The number of allylic oxidation sites excluding steroid dienone is 7. The van der Waals surface area contributed by atoms with E-state index >= 15 is 0 Å². The van der Waals surface area contributed by atoms with Crippen LogP contribution in [-0.2, 0) is 0 Å². The second-order valence-electron chi connectivity index (χ2n) is 5.03. The molecule has 1 saturated heterocycles. The summed E-state index contributed by atoms with van der Waals surface area (Å²) in [6, 6.07) is 0. The molecule has 0 unspecified atom stereocenters. The van der Waals surface area contributed by atoms with E-state index in [1.54, 1.807) is 11.8 Å². The first kappa shape index (κ1) is 18.6. The summed E-state index contributed by atoms with van der Waals surface area (Å²) in [5.74, 6) is 0. The summed E-state index contributed by atoms with van der Waals surface area (Å²) in [5, 5.41) is 3.40. The highest BCUT2D eigenvalue weighted by atomic mass is 32.2. The summed E-state index contributed by atoms with van der Waals surface area (Å²) < 4.78 is 0. The fraction of sp³-hybridized carbons (Fsp3) is 0.368. The molecule has 0 aromatic rings. The molecule has 0 atom stereocenters. The van der Waals surface area contributed by atoms with E-state index in [2.05, 4.69) is 61.5 Å². The summed E-state index contributed by atoms with van der Waals surface area (Å²) >= 11 is 1.77. The monoisotopic (exact) mass is 316 g/mol. The van der Waals surface area contributed by atoms with Crippen molar-refractivity contribution in [3.8, 4) is 0 Å². The van der Waals surface area contributed by atoms with Crippen LogP contribution in [-0.4, -0.2) is 31.1 Å². The van der Waals surface area contributed by atoms with E-state index in [9.17, 15) is 0 Å². The Kier molecular flexibility index (Phi) is 8.71. The third kappa shape index (κ3) is 5.39. The molecule has 1 aliphatic heterocycles. The van der Waals surface area contributed by atoms with Crippen molar-refractivity contribution in [2.75, 3.05) is 26.2 Å². The van der Waals surface area contributed by atoms with Gasteiger partial charge in [-0.05, 0) is 32.4 Å². The van der Waals surface area contributed by atoms with Crippen LogP contribution in [0.3, 0.4) is 0 Å². The van der Waals surface area contributed by atoms with E-state index in [1.807, 2.05) is 19.1 Å². The molecule has 0 bridgehead atoms. The molecule has 0 radical (unpaired) electrons. The Balaban J connectivity index is 3.05. The van der Waals surface area contributed by atoms with Gasteiger partial charge in [0.25, 0.3) is 0 Å². The van der Waals surface area contributed by atoms with Crippen molar-refractivity contribution < 1.29 is 0 Å². The zero-order chi connectivity index (χ0) is 16.4. The Labute approximate surface area is 140 Å². The van der Waals surface area contributed by atoms with Gasteiger partial charge in [-0.2, -0.15) is 0 Å². The Morgan fingerprint density at radius 3 is 2.36 bits per heavy atom. The highest BCUT2D eigenvalue weighted by molar-refractivity contribution is 8.07. The summed E-state index contributed by atoms with van der Waals surface area (Å²) in [5.41, 5.74) is 2.48. The van der Waals surface area contributed by atoms with Gasteiger partial charge < -0.3 is 10.2 Å². The summed E-state index contributed by atoms with van der Waals surface area (Å²) in [6.07, 6.45) is 12.3. The first-order chi connectivity index (χ1) is 10.7. The molecule has 120 valence electrons. The molecule has 0 amide bonds. The smallest absolute Gasteiger partial charge is 0.0505 e. The fourth-order valence-corrected chi connectivity index (χ4v) is 3.32. The lowest BCUT2D eigenvalue weighted by molar-refractivity contribution is 0.306. The van der Waals surface area contributed by atoms with Gasteiger partial charge in [0.15, 0.2) is 0 Å². The molecule has 1 N–H and O–H groups in total. The molecule has 0 aliphatic carbocycles. The number of hydrogen-bond acceptors (Lipinski definition) is 3. The predicted octanol–water partition coefficient (Wildman–Crippen LogP) is 4.63. The van der Waals surface area contributed by atoms with Crippen molar-refractivity contribution in [2.45, 2.75) is 20.8 Å². The third-order valence-electron chi connectivity index (χ3n) is 3.46. The molecule has 1 fully saturated rings. The number of rotatable bonds is 7. The molecular formula is C19H28N2S. The summed E-state index contributed by atoms with van der Waals surface area (Å²) in [4.78, 5) is 4.86. The maximum absolute atomic E-state index is 3.97. The Morgan fingerprint density at radius 2 is 1.86 bits per heavy atom. The maximum atomic E-state index is 3.97. The highest BCUT2D eigenvalue weighted by Gasteiger charge is 2.17. The minimum atomic E-state index is 1.03. The van der Waals surface area contributed by atoms with Crippen LogP contribution < -0.4 is 5.32 Å². The van der Waals surface area contributed by atoms with Gasteiger partial charge in [0.2, 0.25) is 0 Å². The number of thioether (sulfide) groups is 1. The average molecular weight is 317 g/mol. The molecule has 1 heterocycles. The second-order valence-corrected chi connectivity index (χ2v) is 6.11. The van der Waals surface area contributed by atoms with Crippen LogP contribution in [0.4, 0.5) is 0 Å². The lowest BCUT2D eigenvalue weighted by Gasteiger charge is -2.32. The van der Waals surface area contributed by atoms with E-state index in [0.29, 0.717) is 0 Å². The minimum absolute atomic E-state index is 1.03. The van der Waals surface area contributed by atoms with Crippen molar-refractivity contribution in [3.63, 3.8) is 0 Å². The van der Waals surface area contributed by atoms with Gasteiger partial charge in [-0.15, -0.1) is 0 Å². The van der Waals surface area contributed by atoms with Gasteiger partial charge in [0, 0.05) is 36.0 Å². The van der Waals surface area contributed by atoms with Gasteiger partial charge in [0.05, 0.1) is 5.70 Å². The third-order valence-corrected chi connectivity index (χ3v) is 4.83. The van der Waals surface area contributed by atoms with Gasteiger partial charge in [-0.3, -0.25) is 0 Å². The molecule has 3 heteroatoms. The average Bonchev–Trinajstić information content (AvgIpc) is 2.55. The molecule has 0 aromatic heterocycles. The van der Waals surface area contributed by atoms with Crippen molar-refractivity contribution in [1.29, 1.82) is 0 Å². The number of piperazine rings is 1. The van der Waals surface area contributed by atoms with Crippen LogP contribution in [0.2, 0.25) is 0 Å². The zero-order valence-corrected chi connectivity index (χ0v) is 14.9. The van der Waals surface area contributed by atoms with E-state index in [0.717, 1.165) is 26.2 Å². The van der Waals surface area contributed by atoms with Crippen molar-refractivity contribution in [2.24, 2.45) is 0 Å². The predicted molar refractivity (Wildman–Crippen MR) is 102 cm³/mol. The van der Waals surface area contributed by atoms with Gasteiger partial charge >= 0.3 is 0 Å². The second kappa shape index (κ2) is 10.3. The van der Waals surface area contributed by atoms with E-state index in [-0.39, 0.29) is 0 Å². The number of hydrogen-bond donors (Lipinski definition) is 1. The minimum Gasteiger partial charge on any atom is -0.368 e. The van der Waals surface area contributed by atoms with Crippen LogP contribution in [0.5, 0.6) is 0 Å². The van der Waals surface area contributed by atoms with Crippen molar-refractivity contribution >= 4 is 11.8 Å². The summed E-state index contributed by atoms with van der Waals surface area (Å²) in [6.45, 7) is 18.2. The fourth-order valence-electron chi connectivity index (χ4n) is 2.35. The first-order valence-corrected chi connectivity index (χ1v) is 8.58. The van der Waals surface area contributed by atoms with Crippen LogP contribution in [0.15, 0.2) is 70.7 Å².